The van der Waals surface area contributed by atoms with E-state index in [0.29, 0.717) is 21.4 Å². The van der Waals surface area contributed by atoms with Crippen molar-refractivity contribution >= 4 is 52.4 Å². The minimum absolute atomic E-state index is 0.400. The molecule has 1 aromatic heterocycles. The van der Waals surface area contributed by atoms with Gasteiger partial charge in [0.15, 0.2) is 5.16 Å². The van der Waals surface area contributed by atoms with Gasteiger partial charge in [-0.15, -0.1) is 0 Å². The fourth-order valence-corrected chi connectivity index (χ4v) is 4.00. The van der Waals surface area contributed by atoms with Crippen molar-refractivity contribution in [1.29, 1.82) is 0 Å². The molecule has 132 valence electrons. The van der Waals surface area contributed by atoms with E-state index in [1.807, 2.05) is 30.5 Å². The molecule has 3 aromatic rings. The van der Waals surface area contributed by atoms with Gasteiger partial charge < -0.3 is 15.2 Å². The summed E-state index contributed by atoms with van der Waals surface area (Å²) in [5, 5.41) is 7.50. The molecule has 0 unspecified atom stereocenters. The normalized spacial score (nSPS) is 12.7. The number of thioether (sulfide) groups is 1. The Balaban J connectivity index is 1.56. The van der Waals surface area contributed by atoms with Crippen molar-refractivity contribution in [3.05, 3.63) is 58.7 Å². The fourth-order valence-electron chi connectivity index (χ4n) is 2.72. The summed E-state index contributed by atoms with van der Waals surface area (Å²) in [6.07, 6.45) is 2.02. The molecule has 1 aliphatic rings. The number of imidazole rings is 1. The number of aromatic nitrogens is 2. The number of aryl methyl sites for hydroxylation is 1. The molecule has 8 heteroatoms. The lowest BCUT2D eigenvalue weighted by atomic mass is 10.1. The van der Waals surface area contributed by atoms with E-state index < -0.39 is 6.03 Å². The summed E-state index contributed by atoms with van der Waals surface area (Å²) in [6.45, 7) is 0.955. The molecular formula is C18H14Cl2N4OS. The first-order valence-electron chi connectivity index (χ1n) is 7.92. The third-order valence-corrected chi connectivity index (χ3v) is 5.47. The average molecular weight is 405 g/mol. The molecule has 1 aliphatic heterocycles. The average Bonchev–Trinajstić information content (AvgIpc) is 3.20. The third kappa shape index (κ3) is 3.53. The standard InChI is InChI=1S/C18H14Cl2N4OS/c19-11-5-6-13(20)15(9-11)22-17(25)21-14-4-2-1-3-12(14)16-10-24-7-8-26-18(24)23-16/h1-6,9-10H,7-8H2,(H2,21,22,25). The van der Waals surface area contributed by atoms with Crippen LogP contribution in [0.3, 0.4) is 0 Å². The SMILES string of the molecule is O=C(Nc1cc(Cl)ccc1Cl)Nc1ccccc1-c1cn2c(n1)SCC2. The van der Waals surface area contributed by atoms with Crippen LogP contribution in [-0.2, 0) is 6.54 Å². The second-order valence-electron chi connectivity index (χ2n) is 5.70. The van der Waals surface area contributed by atoms with Gasteiger partial charge in [0.25, 0.3) is 0 Å². The van der Waals surface area contributed by atoms with Crippen LogP contribution in [0.4, 0.5) is 16.2 Å². The lowest BCUT2D eigenvalue weighted by Crippen LogP contribution is -2.20. The number of para-hydroxylation sites is 1. The highest BCUT2D eigenvalue weighted by Crippen LogP contribution is 2.32. The van der Waals surface area contributed by atoms with Gasteiger partial charge in [0.1, 0.15) is 0 Å². The van der Waals surface area contributed by atoms with Gasteiger partial charge in [0.05, 0.1) is 22.1 Å². The van der Waals surface area contributed by atoms with Gasteiger partial charge >= 0.3 is 6.03 Å². The van der Waals surface area contributed by atoms with Gasteiger partial charge in [-0.1, -0.05) is 53.2 Å². The highest BCUT2D eigenvalue weighted by atomic mass is 35.5. The van der Waals surface area contributed by atoms with Crippen molar-refractivity contribution in [3.63, 3.8) is 0 Å². The molecule has 0 fully saturated rings. The van der Waals surface area contributed by atoms with Gasteiger partial charge in [-0.3, -0.25) is 0 Å². The second-order valence-corrected chi connectivity index (χ2v) is 7.61. The molecule has 2 N–H and O–H groups in total. The topological polar surface area (TPSA) is 59.0 Å². The largest absolute Gasteiger partial charge is 0.325 e. The lowest BCUT2D eigenvalue weighted by Gasteiger charge is -2.12. The number of urea groups is 1. The van der Waals surface area contributed by atoms with Crippen molar-refractivity contribution in [3.8, 4) is 11.3 Å². The van der Waals surface area contributed by atoms with E-state index in [-0.39, 0.29) is 0 Å². The lowest BCUT2D eigenvalue weighted by molar-refractivity contribution is 0.262. The highest BCUT2D eigenvalue weighted by Gasteiger charge is 2.17. The Morgan fingerprint density at radius 1 is 1.12 bits per heavy atom. The van der Waals surface area contributed by atoms with Gasteiger partial charge in [0, 0.05) is 29.1 Å². The fraction of sp³-hybridized carbons (Fsp3) is 0.111. The van der Waals surface area contributed by atoms with Gasteiger partial charge in [-0.25, -0.2) is 9.78 Å². The van der Waals surface area contributed by atoms with Gasteiger partial charge in [-0.05, 0) is 24.3 Å². The number of carbonyl (C=O) groups excluding carboxylic acids is 1. The number of hydrogen-bond acceptors (Lipinski definition) is 3. The minimum atomic E-state index is -0.400. The summed E-state index contributed by atoms with van der Waals surface area (Å²) >= 11 is 13.8. The summed E-state index contributed by atoms with van der Waals surface area (Å²) in [7, 11) is 0. The Morgan fingerprint density at radius 2 is 1.92 bits per heavy atom. The highest BCUT2D eigenvalue weighted by molar-refractivity contribution is 7.99. The van der Waals surface area contributed by atoms with Crippen LogP contribution >= 0.6 is 35.0 Å². The number of benzene rings is 2. The Kier molecular flexibility index (Phi) is 4.80. The zero-order chi connectivity index (χ0) is 18.1. The van der Waals surface area contributed by atoms with Crippen molar-refractivity contribution in [1.82, 2.24) is 9.55 Å². The Labute approximate surface area is 164 Å². The van der Waals surface area contributed by atoms with Crippen LogP contribution in [0.5, 0.6) is 0 Å². The first-order valence-corrected chi connectivity index (χ1v) is 9.67. The van der Waals surface area contributed by atoms with Crippen molar-refractivity contribution in [2.24, 2.45) is 0 Å². The van der Waals surface area contributed by atoms with Crippen LogP contribution in [0.25, 0.3) is 11.3 Å². The number of nitrogens with zero attached hydrogens (tertiary/aromatic N) is 2. The molecule has 4 rings (SSSR count). The van der Waals surface area contributed by atoms with Crippen LogP contribution in [-0.4, -0.2) is 21.3 Å². The van der Waals surface area contributed by atoms with E-state index in [4.69, 9.17) is 23.2 Å². The van der Waals surface area contributed by atoms with Gasteiger partial charge in [-0.2, -0.15) is 0 Å². The number of hydrogen-bond donors (Lipinski definition) is 2. The van der Waals surface area contributed by atoms with Crippen LogP contribution < -0.4 is 10.6 Å². The van der Waals surface area contributed by atoms with E-state index >= 15 is 0 Å². The number of fused-ring (bicyclic) bond motifs is 1. The first kappa shape index (κ1) is 17.3. The monoisotopic (exact) mass is 404 g/mol. The molecule has 0 bridgehead atoms. The van der Waals surface area contributed by atoms with Crippen LogP contribution in [0, 0.1) is 0 Å². The van der Waals surface area contributed by atoms with E-state index in [2.05, 4.69) is 20.2 Å². The molecule has 0 aliphatic carbocycles. The minimum Gasteiger partial charge on any atom is -0.325 e. The number of carbonyl (C=O) groups is 1. The second kappa shape index (κ2) is 7.23. The molecule has 0 saturated heterocycles. The summed E-state index contributed by atoms with van der Waals surface area (Å²) in [5.41, 5.74) is 2.82. The Morgan fingerprint density at radius 3 is 2.77 bits per heavy atom. The van der Waals surface area contributed by atoms with E-state index in [1.165, 1.54) is 0 Å². The van der Waals surface area contributed by atoms with Crippen molar-refractivity contribution in [2.75, 3.05) is 16.4 Å². The molecule has 26 heavy (non-hydrogen) atoms. The van der Waals surface area contributed by atoms with Crippen LogP contribution in [0.2, 0.25) is 10.0 Å². The van der Waals surface area contributed by atoms with Gasteiger partial charge in [0.2, 0.25) is 0 Å². The van der Waals surface area contributed by atoms with E-state index in [1.54, 1.807) is 30.0 Å². The summed E-state index contributed by atoms with van der Waals surface area (Å²) in [4.78, 5) is 17.1. The molecule has 0 radical (unpaired) electrons. The number of halogens is 2. The van der Waals surface area contributed by atoms with Crippen molar-refractivity contribution in [2.45, 2.75) is 11.7 Å². The summed E-state index contributed by atoms with van der Waals surface area (Å²) < 4.78 is 2.13. The molecule has 0 spiro atoms. The number of nitrogens with one attached hydrogen (secondary N) is 2. The summed E-state index contributed by atoms with van der Waals surface area (Å²) in [5.74, 6) is 1.05. The number of rotatable bonds is 3. The van der Waals surface area contributed by atoms with Crippen molar-refractivity contribution < 1.29 is 4.79 Å². The maximum Gasteiger partial charge on any atom is 0.323 e. The third-order valence-electron chi connectivity index (χ3n) is 3.93. The maximum atomic E-state index is 12.4. The maximum absolute atomic E-state index is 12.4. The van der Waals surface area contributed by atoms with Crippen LogP contribution in [0.1, 0.15) is 0 Å². The number of amides is 2. The quantitative estimate of drug-likeness (QED) is 0.596. The first-order chi connectivity index (χ1) is 12.6. The zero-order valence-electron chi connectivity index (χ0n) is 13.5. The van der Waals surface area contributed by atoms with Crippen LogP contribution in [0.15, 0.2) is 53.8 Å². The Hall–Kier alpha value is -2.15. The predicted molar refractivity (Wildman–Crippen MR) is 107 cm³/mol. The molecule has 0 saturated carbocycles. The molecule has 2 aromatic carbocycles. The Bertz CT molecular complexity index is 968. The van der Waals surface area contributed by atoms with E-state index in [9.17, 15) is 4.79 Å². The molecule has 2 amide bonds. The molecule has 0 atom stereocenters. The molecular weight excluding hydrogens is 391 g/mol. The van der Waals surface area contributed by atoms with E-state index in [0.717, 1.165) is 28.7 Å². The predicted octanol–water partition coefficient (Wildman–Crippen LogP) is 5.61. The molecule has 5 nitrogen and oxygen atoms in total. The molecule has 2 heterocycles. The summed E-state index contributed by atoms with van der Waals surface area (Å²) in [6, 6.07) is 12.1. The number of anilines is 2. The zero-order valence-corrected chi connectivity index (χ0v) is 15.8. The smallest absolute Gasteiger partial charge is 0.323 e.